The molecule has 0 aliphatic heterocycles. The molecule has 0 atom stereocenters. The van der Waals surface area contributed by atoms with E-state index >= 15 is 0 Å². The molecule has 3 rings (SSSR count). The zero-order chi connectivity index (χ0) is 16.4. The molecule has 0 saturated carbocycles. The Hall–Kier alpha value is -3.28. The Labute approximate surface area is 131 Å². The number of para-hydroxylation sites is 1. The van der Waals surface area contributed by atoms with Crippen LogP contribution in [-0.4, -0.2) is 14.5 Å². The molecule has 1 heterocycles. The highest BCUT2D eigenvalue weighted by Gasteiger charge is 2.06. The number of non-ortho nitro benzene ring substituents is 1. The van der Waals surface area contributed by atoms with E-state index in [9.17, 15) is 14.9 Å². The lowest BCUT2D eigenvalue weighted by Crippen LogP contribution is -2.20. The van der Waals surface area contributed by atoms with Gasteiger partial charge < -0.3 is 0 Å². The summed E-state index contributed by atoms with van der Waals surface area (Å²) in [5, 5.41) is 11.2. The fourth-order valence-corrected chi connectivity index (χ4v) is 2.26. The molecule has 0 bridgehead atoms. The van der Waals surface area contributed by atoms with Gasteiger partial charge in [0.25, 0.3) is 11.2 Å². The van der Waals surface area contributed by atoms with Crippen LogP contribution in [0.2, 0.25) is 0 Å². The van der Waals surface area contributed by atoms with E-state index in [4.69, 9.17) is 0 Å². The van der Waals surface area contributed by atoms with Gasteiger partial charge in [0, 0.05) is 19.2 Å². The molecule has 0 saturated heterocycles. The standard InChI is InChI=1S/C17H13N3O3/c1-19-16(18-15-5-3-2-4-14(15)17(19)21)11-8-12-6-9-13(10-7-12)20(22)23/h2-11H,1H3/b11-8+. The lowest BCUT2D eigenvalue weighted by molar-refractivity contribution is -0.384. The van der Waals surface area contributed by atoms with Gasteiger partial charge in [-0.25, -0.2) is 4.98 Å². The summed E-state index contributed by atoms with van der Waals surface area (Å²) in [6.45, 7) is 0. The number of rotatable bonds is 3. The Bertz CT molecular complexity index is 973. The number of nitro benzene ring substituents is 1. The van der Waals surface area contributed by atoms with Crippen LogP contribution in [0, 0.1) is 10.1 Å². The second-order valence-corrected chi connectivity index (χ2v) is 5.03. The number of hydrogen-bond donors (Lipinski definition) is 0. The normalized spacial score (nSPS) is 11.2. The predicted octanol–water partition coefficient (Wildman–Crippen LogP) is 3.01. The summed E-state index contributed by atoms with van der Waals surface area (Å²) in [5.41, 5.74) is 1.36. The second kappa shape index (κ2) is 5.84. The molecular weight excluding hydrogens is 294 g/mol. The largest absolute Gasteiger partial charge is 0.296 e. The Morgan fingerprint density at radius 3 is 2.48 bits per heavy atom. The predicted molar refractivity (Wildman–Crippen MR) is 89.0 cm³/mol. The van der Waals surface area contributed by atoms with Crippen molar-refractivity contribution in [3.63, 3.8) is 0 Å². The van der Waals surface area contributed by atoms with Crippen LogP contribution in [0.5, 0.6) is 0 Å². The molecule has 3 aromatic rings. The van der Waals surface area contributed by atoms with Crippen LogP contribution in [0.25, 0.3) is 23.1 Å². The third-order valence-corrected chi connectivity index (χ3v) is 3.55. The van der Waals surface area contributed by atoms with Gasteiger partial charge in [-0.3, -0.25) is 19.5 Å². The molecule has 6 heteroatoms. The SMILES string of the molecule is Cn1c(/C=C/c2ccc([N+](=O)[O-])cc2)nc2ccccc2c1=O. The Morgan fingerprint density at radius 1 is 1.09 bits per heavy atom. The van der Waals surface area contributed by atoms with Crippen LogP contribution in [-0.2, 0) is 7.05 Å². The third-order valence-electron chi connectivity index (χ3n) is 3.55. The fraction of sp³-hybridized carbons (Fsp3) is 0.0588. The van der Waals surface area contributed by atoms with Crippen molar-refractivity contribution in [3.05, 3.63) is 80.4 Å². The van der Waals surface area contributed by atoms with Gasteiger partial charge in [-0.2, -0.15) is 0 Å². The quantitative estimate of drug-likeness (QED) is 0.550. The van der Waals surface area contributed by atoms with E-state index in [1.165, 1.54) is 16.7 Å². The van der Waals surface area contributed by atoms with Gasteiger partial charge >= 0.3 is 0 Å². The third kappa shape index (κ3) is 2.87. The highest BCUT2D eigenvalue weighted by Crippen LogP contribution is 2.14. The first-order valence-electron chi connectivity index (χ1n) is 6.94. The summed E-state index contributed by atoms with van der Waals surface area (Å²) in [7, 11) is 1.66. The molecule has 0 fully saturated rings. The molecule has 0 aliphatic carbocycles. The summed E-state index contributed by atoms with van der Waals surface area (Å²) in [6, 6.07) is 13.3. The van der Waals surface area contributed by atoms with Crippen molar-refractivity contribution in [2.24, 2.45) is 7.05 Å². The van der Waals surface area contributed by atoms with Crippen LogP contribution in [0.3, 0.4) is 0 Å². The number of nitro groups is 1. The van der Waals surface area contributed by atoms with Gasteiger partial charge in [0.1, 0.15) is 5.82 Å². The topological polar surface area (TPSA) is 78.0 Å². The van der Waals surface area contributed by atoms with E-state index in [1.54, 1.807) is 49.5 Å². The van der Waals surface area contributed by atoms with E-state index < -0.39 is 4.92 Å². The van der Waals surface area contributed by atoms with Crippen molar-refractivity contribution in [1.29, 1.82) is 0 Å². The molecule has 0 radical (unpaired) electrons. The molecule has 0 aliphatic rings. The lowest BCUT2D eigenvalue weighted by Gasteiger charge is -2.05. The molecule has 6 nitrogen and oxygen atoms in total. The van der Waals surface area contributed by atoms with Crippen molar-refractivity contribution in [2.45, 2.75) is 0 Å². The van der Waals surface area contributed by atoms with Crippen molar-refractivity contribution >= 4 is 28.7 Å². The van der Waals surface area contributed by atoms with Gasteiger partial charge in [-0.1, -0.05) is 18.2 Å². The average molecular weight is 307 g/mol. The van der Waals surface area contributed by atoms with Crippen molar-refractivity contribution in [2.75, 3.05) is 0 Å². The fourth-order valence-electron chi connectivity index (χ4n) is 2.26. The van der Waals surface area contributed by atoms with Crippen LogP contribution in [0.15, 0.2) is 53.3 Å². The summed E-state index contributed by atoms with van der Waals surface area (Å²) in [6.07, 6.45) is 3.48. The summed E-state index contributed by atoms with van der Waals surface area (Å²) in [5.74, 6) is 0.520. The number of fused-ring (bicyclic) bond motifs is 1. The molecular formula is C17H13N3O3. The maximum absolute atomic E-state index is 12.3. The van der Waals surface area contributed by atoms with Gasteiger partial charge in [-0.15, -0.1) is 0 Å². The monoisotopic (exact) mass is 307 g/mol. The minimum Gasteiger partial charge on any atom is -0.296 e. The first-order valence-corrected chi connectivity index (χ1v) is 6.94. The zero-order valence-electron chi connectivity index (χ0n) is 12.3. The lowest BCUT2D eigenvalue weighted by atomic mass is 10.2. The molecule has 0 amide bonds. The maximum Gasteiger partial charge on any atom is 0.269 e. The molecule has 23 heavy (non-hydrogen) atoms. The molecule has 0 N–H and O–H groups in total. The molecule has 114 valence electrons. The summed E-state index contributed by atoms with van der Waals surface area (Å²) >= 11 is 0. The van der Waals surface area contributed by atoms with E-state index in [-0.39, 0.29) is 11.2 Å². The van der Waals surface area contributed by atoms with Crippen molar-refractivity contribution in [3.8, 4) is 0 Å². The zero-order valence-corrected chi connectivity index (χ0v) is 12.3. The minimum atomic E-state index is -0.442. The summed E-state index contributed by atoms with van der Waals surface area (Å²) in [4.78, 5) is 27.0. The second-order valence-electron chi connectivity index (χ2n) is 5.03. The highest BCUT2D eigenvalue weighted by molar-refractivity contribution is 5.79. The number of nitrogens with zero attached hydrogens (tertiary/aromatic N) is 3. The van der Waals surface area contributed by atoms with Crippen LogP contribution >= 0.6 is 0 Å². The Kier molecular flexibility index (Phi) is 3.72. The first kappa shape index (κ1) is 14.6. The number of aromatic nitrogens is 2. The number of benzene rings is 2. The van der Waals surface area contributed by atoms with Crippen molar-refractivity contribution in [1.82, 2.24) is 9.55 Å². The highest BCUT2D eigenvalue weighted by atomic mass is 16.6. The van der Waals surface area contributed by atoms with Crippen LogP contribution in [0.1, 0.15) is 11.4 Å². The number of hydrogen-bond acceptors (Lipinski definition) is 4. The average Bonchev–Trinajstić information content (AvgIpc) is 2.57. The Morgan fingerprint density at radius 2 is 1.78 bits per heavy atom. The Balaban J connectivity index is 1.99. The summed E-state index contributed by atoms with van der Waals surface area (Å²) < 4.78 is 1.48. The molecule has 0 unspecified atom stereocenters. The van der Waals surface area contributed by atoms with E-state index in [1.807, 2.05) is 6.07 Å². The molecule has 1 aromatic heterocycles. The minimum absolute atomic E-state index is 0.0402. The van der Waals surface area contributed by atoms with E-state index in [2.05, 4.69) is 4.98 Å². The molecule has 2 aromatic carbocycles. The van der Waals surface area contributed by atoms with Gasteiger partial charge in [0.15, 0.2) is 0 Å². The van der Waals surface area contributed by atoms with Gasteiger partial charge in [-0.05, 0) is 35.9 Å². The van der Waals surface area contributed by atoms with Crippen LogP contribution in [0.4, 0.5) is 5.69 Å². The van der Waals surface area contributed by atoms with E-state index in [0.29, 0.717) is 16.7 Å². The van der Waals surface area contributed by atoms with Gasteiger partial charge in [0.2, 0.25) is 0 Å². The first-order chi connectivity index (χ1) is 11.1. The maximum atomic E-state index is 12.3. The van der Waals surface area contributed by atoms with Gasteiger partial charge in [0.05, 0.1) is 15.8 Å². The van der Waals surface area contributed by atoms with Crippen molar-refractivity contribution < 1.29 is 4.92 Å². The van der Waals surface area contributed by atoms with E-state index in [0.717, 1.165) is 5.56 Å². The molecule has 0 spiro atoms. The van der Waals surface area contributed by atoms with Crippen LogP contribution < -0.4 is 5.56 Å². The smallest absolute Gasteiger partial charge is 0.269 e.